The van der Waals surface area contributed by atoms with E-state index in [0.29, 0.717) is 0 Å². The van der Waals surface area contributed by atoms with Crippen molar-refractivity contribution >= 4 is 17.0 Å². The summed E-state index contributed by atoms with van der Waals surface area (Å²) in [6.45, 7) is 2.12. The Balaban J connectivity index is 2.65. The Morgan fingerprint density at radius 3 is 3.00 bits per heavy atom. The Bertz CT molecular complexity index is 313. The van der Waals surface area contributed by atoms with Crippen molar-refractivity contribution in [1.82, 2.24) is 0 Å². The summed E-state index contributed by atoms with van der Waals surface area (Å²) in [5.74, 6) is 0. The summed E-state index contributed by atoms with van der Waals surface area (Å²) in [6, 6.07) is 7.43. The largest absolute Gasteiger partial charge is 0.209 e. The van der Waals surface area contributed by atoms with Crippen LogP contribution in [-0.2, 0) is 0 Å². The molecule has 1 radical (unpaired) electrons. The number of thiol groups is 1. The van der Waals surface area contributed by atoms with E-state index in [4.69, 9.17) is 0 Å². The highest BCUT2D eigenvalue weighted by Gasteiger charge is 2.10. The quantitative estimate of drug-likeness (QED) is 0.559. The molecule has 0 bridgehead atoms. The average molecular weight is 163 g/mol. The molecule has 0 nitrogen and oxygen atoms in total. The van der Waals surface area contributed by atoms with Crippen molar-refractivity contribution < 1.29 is 0 Å². The van der Waals surface area contributed by atoms with Gasteiger partial charge in [0.05, 0.1) is 0 Å². The molecule has 1 aliphatic rings. The van der Waals surface area contributed by atoms with Crippen LogP contribution in [0.4, 0.5) is 0 Å². The normalized spacial score (nSPS) is 23.6. The smallest absolute Gasteiger partial charge is 0.00168 e. The van der Waals surface area contributed by atoms with Gasteiger partial charge in [-0.15, -0.1) is 0 Å². The van der Waals surface area contributed by atoms with Crippen LogP contribution in [0.15, 0.2) is 22.4 Å². The lowest BCUT2D eigenvalue weighted by Crippen LogP contribution is -1.82. The fourth-order valence-corrected chi connectivity index (χ4v) is 2.86. The molecule has 57 valence electrons. The maximum absolute atomic E-state index is 3.21. The molecule has 0 N–H and O–H groups in total. The fourth-order valence-electron chi connectivity index (χ4n) is 1.39. The van der Waals surface area contributed by atoms with E-state index in [1.54, 1.807) is 0 Å². The molecule has 1 unspecified atom stereocenters. The first-order valence-corrected chi connectivity index (χ1v) is 5.57. The van der Waals surface area contributed by atoms with Gasteiger partial charge in [-0.25, -0.2) is 10.9 Å². The van der Waals surface area contributed by atoms with Gasteiger partial charge in [0.15, 0.2) is 0 Å². The Labute approximate surface area is 70.3 Å². The van der Waals surface area contributed by atoms with Gasteiger partial charge in [-0.05, 0) is 52.8 Å². The fraction of sp³-hybridized carbons (Fsp3) is 0.200. The summed E-state index contributed by atoms with van der Waals surface area (Å²) in [5, 5.41) is 2.31. The second-order valence-corrected chi connectivity index (χ2v) is 4.83. The van der Waals surface area contributed by atoms with Gasteiger partial charge in [0.25, 0.3) is 0 Å². The minimum absolute atomic E-state index is 0.00238. The van der Waals surface area contributed by atoms with E-state index in [1.807, 2.05) is 6.07 Å². The van der Waals surface area contributed by atoms with E-state index in [9.17, 15) is 0 Å². The predicted molar refractivity (Wildman–Crippen MR) is 52.2 cm³/mol. The van der Waals surface area contributed by atoms with E-state index < -0.39 is 0 Å². The molecule has 0 saturated heterocycles. The molecule has 0 aromatic heterocycles. The van der Waals surface area contributed by atoms with Crippen LogP contribution in [0.1, 0.15) is 11.1 Å². The van der Waals surface area contributed by atoms with Gasteiger partial charge >= 0.3 is 0 Å². The summed E-state index contributed by atoms with van der Waals surface area (Å²) < 4.78 is 0. The summed E-state index contributed by atoms with van der Waals surface area (Å²) in [5.41, 5.74) is 2.69. The highest BCUT2D eigenvalue weighted by atomic mass is 32.2. The molecular weight excluding hydrogens is 152 g/mol. The molecule has 1 aromatic rings. The maximum atomic E-state index is 3.21. The first-order valence-electron chi connectivity index (χ1n) is 3.71. The van der Waals surface area contributed by atoms with Crippen LogP contribution in [0, 0.1) is 13.0 Å². The Kier molecular flexibility index (Phi) is 1.53. The third-order valence-electron chi connectivity index (χ3n) is 2.07. The van der Waals surface area contributed by atoms with Crippen molar-refractivity contribution in [1.29, 1.82) is 0 Å². The van der Waals surface area contributed by atoms with E-state index in [-0.39, 0.29) is 10.9 Å². The molecule has 0 spiro atoms. The molecule has 11 heavy (non-hydrogen) atoms. The molecule has 0 aliphatic carbocycles. The molecule has 1 atom stereocenters. The lowest BCUT2D eigenvalue weighted by Gasteiger charge is -2.08. The third-order valence-corrected chi connectivity index (χ3v) is 3.81. The number of hydrogen-bond acceptors (Lipinski definition) is 0. The van der Waals surface area contributed by atoms with Gasteiger partial charge < -0.3 is 0 Å². The van der Waals surface area contributed by atoms with Crippen molar-refractivity contribution in [3.8, 4) is 0 Å². The third kappa shape index (κ3) is 1.000. The van der Waals surface area contributed by atoms with Crippen molar-refractivity contribution in [3.05, 3.63) is 34.7 Å². The first kappa shape index (κ1) is 6.99. The van der Waals surface area contributed by atoms with E-state index in [1.165, 1.54) is 16.0 Å². The van der Waals surface area contributed by atoms with Gasteiger partial charge in [0.1, 0.15) is 0 Å². The van der Waals surface area contributed by atoms with E-state index in [2.05, 4.69) is 36.8 Å². The second kappa shape index (κ2) is 2.42. The summed E-state index contributed by atoms with van der Waals surface area (Å²) in [4.78, 5) is 1.51. The Morgan fingerprint density at radius 1 is 1.45 bits per heavy atom. The summed E-state index contributed by atoms with van der Waals surface area (Å²) >= 11 is 0. The minimum Gasteiger partial charge on any atom is -0.209 e. The van der Waals surface area contributed by atoms with Gasteiger partial charge in [0.2, 0.25) is 0 Å². The molecule has 0 fully saturated rings. The van der Waals surface area contributed by atoms with Gasteiger partial charge in [-0.1, -0.05) is 6.07 Å². The molecule has 2 rings (SSSR count). The van der Waals surface area contributed by atoms with Crippen LogP contribution in [0.5, 0.6) is 0 Å². The summed E-state index contributed by atoms with van der Waals surface area (Å²) in [7, 11) is 0.00238. The van der Waals surface area contributed by atoms with Crippen LogP contribution in [0.2, 0.25) is 0 Å². The van der Waals surface area contributed by atoms with E-state index in [0.717, 1.165) is 0 Å². The van der Waals surface area contributed by atoms with Crippen molar-refractivity contribution in [2.75, 3.05) is 6.26 Å². The van der Waals surface area contributed by atoms with Crippen LogP contribution >= 0.6 is 10.9 Å². The zero-order valence-corrected chi connectivity index (χ0v) is 7.65. The van der Waals surface area contributed by atoms with Crippen LogP contribution in [-0.4, -0.2) is 6.26 Å². The second-order valence-electron chi connectivity index (χ2n) is 2.83. The van der Waals surface area contributed by atoms with Gasteiger partial charge in [-0.3, -0.25) is 0 Å². The minimum atomic E-state index is 0.00238. The van der Waals surface area contributed by atoms with E-state index >= 15 is 0 Å². The van der Waals surface area contributed by atoms with Crippen LogP contribution < -0.4 is 0 Å². The van der Waals surface area contributed by atoms with Gasteiger partial charge in [0, 0.05) is 0 Å². The number of fused-ring (bicyclic) bond motifs is 1. The zero-order chi connectivity index (χ0) is 7.84. The predicted octanol–water partition coefficient (Wildman–Crippen LogP) is 2.77. The molecular formula is C10H11S. The van der Waals surface area contributed by atoms with Crippen molar-refractivity contribution in [2.45, 2.75) is 11.8 Å². The van der Waals surface area contributed by atoms with Crippen LogP contribution in [0.25, 0.3) is 6.08 Å². The summed E-state index contributed by atoms with van der Waals surface area (Å²) in [6.07, 6.45) is 4.52. The lowest BCUT2D eigenvalue weighted by molar-refractivity contribution is 1.33. The SMILES string of the molecule is Cc1[c]ccc2c1C=C[SH]2C. The topological polar surface area (TPSA) is 0 Å². The standard InChI is InChI=1S/C10H11S/c1-8-4-3-5-10-9(8)6-7-11(10)2/h3,5-7,11H,1-2H3. The average Bonchev–Trinajstić information content (AvgIpc) is 2.35. The highest BCUT2D eigenvalue weighted by molar-refractivity contribution is 8.19. The molecule has 1 aliphatic heterocycles. The zero-order valence-electron chi connectivity index (χ0n) is 6.76. The van der Waals surface area contributed by atoms with Crippen LogP contribution in [0.3, 0.4) is 0 Å². The number of benzene rings is 1. The maximum Gasteiger partial charge on any atom is -0.00168 e. The first-order chi connectivity index (χ1) is 5.29. The number of aryl methyl sites for hydroxylation is 1. The highest BCUT2D eigenvalue weighted by Crippen LogP contribution is 2.43. The number of hydrogen-bond donors (Lipinski definition) is 1. The molecule has 0 amide bonds. The van der Waals surface area contributed by atoms with Crippen molar-refractivity contribution in [2.24, 2.45) is 0 Å². The molecule has 0 saturated carbocycles. The molecule has 1 heteroatoms. The van der Waals surface area contributed by atoms with Gasteiger partial charge in [-0.2, -0.15) is 0 Å². The Morgan fingerprint density at radius 2 is 2.27 bits per heavy atom. The molecule has 1 aromatic carbocycles. The number of rotatable bonds is 0. The Hall–Kier alpha value is -0.690. The van der Waals surface area contributed by atoms with Crippen molar-refractivity contribution in [3.63, 3.8) is 0 Å². The monoisotopic (exact) mass is 163 g/mol. The molecule has 1 heterocycles. The lowest BCUT2D eigenvalue weighted by atomic mass is 10.1.